The maximum Gasteiger partial charge on any atom is 0.121 e. The maximum atomic E-state index is 6.03. The van der Waals surface area contributed by atoms with E-state index in [4.69, 9.17) is 23.2 Å². The first-order valence-electron chi connectivity index (χ1n) is 3.56. The van der Waals surface area contributed by atoms with Crippen LogP contribution in [0.4, 0.5) is 0 Å². The molecule has 2 fully saturated rings. The van der Waals surface area contributed by atoms with Crippen LogP contribution in [0.3, 0.4) is 0 Å². The van der Waals surface area contributed by atoms with Crippen molar-refractivity contribution in [1.29, 1.82) is 0 Å². The van der Waals surface area contributed by atoms with Gasteiger partial charge >= 0.3 is 0 Å². The first-order chi connectivity index (χ1) is 4.18. The molecule has 2 atom stereocenters. The Morgan fingerprint density at radius 2 is 2.00 bits per heavy atom. The van der Waals surface area contributed by atoms with Crippen molar-refractivity contribution in [2.24, 2.45) is 11.8 Å². The van der Waals surface area contributed by atoms with Crippen LogP contribution < -0.4 is 0 Å². The molecule has 0 unspecified atom stereocenters. The highest BCUT2D eigenvalue weighted by atomic mass is 35.5. The summed E-state index contributed by atoms with van der Waals surface area (Å²) in [6, 6.07) is 0. The molecule has 0 N–H and O–H groups in total. The second kappa shape index (κ2) is 1.79. The van der Waals surface area contributed by atoms with Crippen LogP contribution in [-0.4, -0.2) is 4.33 Å². The van der Waals surface area contributed by atoms with E-state index in [1.165, 1.54) is 19.3 Å². The lowest BCUT2D eigenvalue weighted by Gasteiger charge is -2.23. The second-order valence-electron chi connectivity index (χ2n) is 3.34. The van der Waals surface area contributed by atoms with Gasteiger partial charge in [-0.3, -0.25) is 0 Å². The van der Waals surface area contributed by atoms with Crippen molar-refractivity contribution in [3.8, 4) is 0 Å². The summed E-state index contributed by atoms with van der Waals surface area (Å²) in [6.07, 6.45) is 4.96. The normalized spacial score (nSPS) is 46.0. The van der Waals surface area contributed by atoms with Gasteiger partial charge in [0, 0.05) is 0 Å². The molecule has 0 aromatic rings. The molecular formula is C7H10Cl2. The van der Waals surface area contributed by atoms with E-state index in [0.29, 0.717) is 5.92 Å². The van der Waals surface area contributed by atoms with Crippen LogP contribution in [0, 0.1) is 11.8 Å². The summed E-state index contributed by atoms with van der Waals surface area (Å²) < 4.78 is -0.344. The van der Waals surface area contributed by atoms with Crippen LogP contribution in [0.1, 0.15) is 25.7 Å². The third kappa shape index (κ3) is 0.877. The predicted octanol–water partition coefficient (Wildman–Crippen LogP) is 2.98. The fraction of sp³-hybridized carbons (Fsp3) is 1.00. The van der Waals surface area contributed by atoms with Crippen LogP contribution >= 0.6 is 23.2 Å². The Labute approximate surface area is 65.5 Å². The van der Waals surface area contributed by atoms with Gasteiger partial charge in [0.05, 0.1) is 0 Å². The Morgan fingerprint density at radius 3 is 2.22 bits per heavy atom. The zero-order valence-corrected chi connectivity index (χ0v) is 6.75. The van der Waals surface area contributed by atoms with Gasteiger partial charge < -0.3 is 0 Å². The minimum Gasteiger partial charge on any atom is -0.101 e. The first kappa shape index (κ1) is 6.30. The van der Waals surface area contributed by atoms with Crippen LogP contribution in [0.15, 0.2) is 0 Å². The highest BCUT2D eigenvalue weighted by molar-refractivity contribution is 6.48. The molecule has 2 heteroatoms. The van der Waals surface area contributed by atoms with E-state index < -0.39 is 0 Å². The number of hydrogen-bond acceptors (Lipinski definition) is 0. The van der Waals surface area contributed by atoms with E-state index in [0.717, 1.165) is 12.3 Å². The summed E-state index contributed by atoms with van der Waals surface area (Å²) in [7, 11) is 0. The Kier molecular flexibility index (Phi) is 1.26. The van der Waals surface area contributed by atoms with E-state index in [1.54, 1.807) is 0 Å². The minimum absolute atomic E-state index is 0.344. The molecule has 0 nitrogen and oxygen atoms in total. The van der Waals surface area contributed by atoms with E-state index in [9.17, 15) is 0 Å². The van der Waals surface area contributed by atoms with Gasteiger partial charge in [-0.1, -0.05) is 0 Å². The average Bonchev–Trinajstić information content (AvgIpc) is 2.19. The lowest BCUT2D eigenvalue weighted by molar-refractivity contribution is 0.455. The van der Waals surface area contributed by atoms with Crippen LogP contribution in [-0.2, 0) is 0 Å². The van der Waals surface area contributed by atoms with Crippen molar-refractivity contribution in [2.75, 3.05) is 0 Å². The van der Waals surface area contributed by atoms with Gasteiger partial charge in [-0.05, 0) is 37.5 Å². The summed E-state index contributed by atoms with van der Waals surface area (Å²) in [5.41, 5.74) is 0. The van der Waals surface area contributed by atoms with Crippen molar-refractivity contribution in [3.05, 3.63) is 0 Å². The summed E-state index contributed by atoms with van der Waals surface area (Å²) in [6.45, 7) is 0. The van der Waals surface area contributed by atoms with Crippen molar-refractivity contribution < 1.29 is 0 Å². The van der Waals surface area contributed by atoms with Gasteiger partial charge in [0.15, 0.2) is 0 Å². The van der Waals surface area contributed by atoms with Gasteiger partial charge in [-0.15, -0.1) is 23.2 Å². The lowest BCUT2D eigenvalue weighted by Crippen LogP contribution is -2.20. The molecule has 0 spiro atoms. The number of fused-ring (bicyclic) bond motifs is 2. The topological polar surface area (TPSA) is 0 Å². The van der Waals surface area contributed by atoms with Gasteiger partial charge in [-0.2, -0.15) is 0 Å². The molecule has 0 amide bonds. The van der Waals surface area contributed by atoms with E-state index in [2.05, 4.69) is 0 Å². The molecule has 2 aliphatic rings. The fourth-order valence-corrected chi connectivity index (χ4v) is 3.03. The van der Waals surface area contributed by atoms with Gasteiger partial charge in [-0.25, -0.2) is 0 Å². The third-order valence-corrected chi connectivity index (χ3v) is 3.63. The fourth-order valence-electron chi connectivity index (χ4n) is 2.20. The van der Waals surface area contributed by atoms with Gasteiger partial charge in [0.25, 0.3) is 0 Å². The SMILES string of the molecule is ClC1(Cl)C[C@H]2CC[C@H]1C2. The van der Waals surface area contributed by atoms with Crippen molar-refractivity contribution in [2.45, 2.75) is 30.0 Å². The average molecular weight is 165 g/mol. The summed E-state index contributed by atoms with van der Waals surface area (Å²) in [4.78, 5) is 0. The highest BCUT2D eigenvalue weighted by Crippen LogP contribution is 2.56. The molecule has 9 heavy (non-hydrogen) atoms. The standard InChI is InChI=1S/C7H10Cl2/c8-7(9)4-5-1-2-6(7)3-5/h5-6H,1-4H2/t5-,6-/m0/s1. The number of hydrogen-bond donors (Lipinski definition) is 0. The summed E-state index contributed by atoms with van der Waals surface area (Å²) in [5.74, 6) is 1.47. The number of halogens is 2. The van der Waals surface area contributed by atoms with Gasteiger partial charge in [0.1, 0.15) is 4.33 Å². The predicted molar refractivity (Wildman–Crippen MR) is 39.9 cm³/mol. The Morgan fingerprint density at radius 1 is 1.22 bits per heavy atom. The zero-order chi connectivity index (χ0) is 6.48. The van der Waals surface area contributed by atoms with Crippen molar-refractivity contribution >= 4 is 23.2 Å². The largest absolute Gasteiger partial charge is 0.121 e. The van der Waals surface area contributed by atoms with Crippen LogP contribution in [0.2, 0.25) is 0 Å². The van der Waals surface area contributed by atoms with E-state index in [1.807, 2.05) is 0 Å². The quantitative estimate of drug-likeness (QED) is 0.484. The molecule has 2 aliphatic carbocycles. The molecule has 0 aliphatic heterocycles. The minimum atomic E-state index is -0.344. The van der Waals surface area contributed by atoms with Crippen molar-refractivity contribution in [1.82, 2.24) is 0 Å². The first-order valence-corrected chi connectivity index (χ1v) is 4.32. The smallest absolute Gasteiger partial charge is 0.101 e. The molecule has 0 heterocycles. The monoisotopic (exact) mass is 164 g/mol. The highest BCUT2D eigenvalue weighted by Gasteiger charge is 2.48. The zero-order valence-electron chi connectivity index (χ0n) is 5.24. The molecule has 52 valence electrons. The molecule has 0 aromatic carbocycles. The molecule has 2 bridgehead atoms. The van der Waals surface area contributed by atoms with Crippen molar-refractivity contribution in [3.63, 3.8) is 0 Å². The summed E-state index contributed by atoms with van der Waals surface area (Å²) in [5, 5.41) is 0. The molecule has 2 rings (SSSR count). The Balaban J connectivity index is 2.18. The van der Waals surface area contributed by atoms with Crippen LogP contribution in [0.25, 0.3) is 0 Å². The number of alkyl halides is 2. The lowest BCUT2D eigenvalue weighted by atomic mass is 10.00. The molecular weight excluding hydrogens is 155 g/mol. The molecule has 2 saturated carbocycles. The van der Waals surface area contributed by atoms with Gasteiger partial charge in [0.2, 0.25) is 0 Å². The van der Waals surface area contributed by atoms with E-state index in [-0.39, 0.29) is 4.33 Å². The van der Waals surface area contributed by atoms with E-state index >= 15 is 0 Å². The number of rotatable bonds is 0. The molecule has 0 radical (unpaired) electrons. The molecule has 0 aromatic heterocycles. The maximum absolute atomic E-state index is 6.03. The third-order valence-electron chi connectivity index (χ3n) is 2.70. The second-order valence-corrected chi connectivity index (χ2v) is 4.88. The Hall–Kier alpha value is 0.580. The Bertz CT molecular complexity index is 131. The van der Waals surface area contributed by atoms with Crippen LogP contribution in [0.5, 0.6) is 0 Å². The summed E-state index contributed by atoms with van der Waals surface area (Å²) >= 11 is 12.1. The molecule has 0 saturated heterocycles.